The van der Waals surface area contributed by atoms with Gasteiger partial charge in [0, 0.05) is 44.5 Å². The predicted molar refractivity (Wildman–Crippen MR) is 105 cm³/mol. The van der Waals surface area contributed by atoms with E-state index >= 15 is 0 Å². The number of furan rings is 1. The van der Waals surface area contributed by atoms with E-state index in [2.05, 4.69) is 19.8 Å². The third kappa shape index (κ3) is 5.88. The van der Waals surface area contributed by atoms with Gasteiger partial charge in [0.2, 0.25) is 0 Å². The molecule has 0 bridgehead atoms. The minimum absolute atomic E-state index is 0.158. The van der Waals surface area contributed by atoms with Crippen molar-refractivity contribution in [1.82, 2.24) is 19.8 Å². The number of imidazole rings is 1. The summed E-state index contributed by atoms with van der Waals surface area (Å²) in [7, 11) is 2.03. The summed E-state index contributed by atoms with van der Waals surface area (Å²) >= 11 is 0. The number of nitrogens with one attached hydrogen (secondary N) is 1. The molecule has 2 fully saturated rings. The van der Waals surface area contributed by atoms with E-state index in [0.29, 0.717) is 24.3 Å². The zero-order valence-corrected chi connectivity index (χ0v) is 17.4. The molecule has 0 spiro atoms. The molecule has 2 N–H and O–H groups in total. The van der Waals surface area contributed by atoms with Crippen LogP contribution in [0.3, 0.4) is 0 Å². The highest BCUT2D eigenvalue weighted by Crippen LogP contribution is 2.35. The van der Waals surface area contributed by atoms with Crippen molar-refractivity contribution in [3.63, 3.8) is 0 Å². The van der Waals surface area contributed by atoms with E-state index in [0.717, 1.165) is 38.4 Å². The number of aromatic nitrogens is 2. The number of aryl methyl sites for hydroxylation is 1. The topological polar surface area (TPSA) is 110 Å². The number of carboxylic acids is 1. The molecule has 1 saturated heterocycles. The smallest absolute Gasteiger partial charge is 0.475 e. The summed E-state index contributed by atoms with van der Waals surface area (Å²) in [6.07, 6.45) is 2.58. The Kier molecular flexibility index (Phi) is 7.56. The molecule has 1 unspecified atom stereocenters. The number of fused-ring (bicyclic) bond motifs is 1. The van der Waals surface area contributed by atoms with E-state index in [-0.39, 0.29) is 12.0 Å². The van der Waals surface area contributed by atoms with Crippen LogP contribution < -0.4 is 5.32 Å². The highest BCUT2D eigenvalue weighted by atomic mass is 19.4. The Balaban J connectivity index is 0.000000360. The van der Waals surface area contributed by atoms with E-state index in [9.17, 15) is 18.0 Å². The third-order valence-corrected chi connectivity index (χ3v) is 5.61. The second kappa shape index (κ2) is 10.2. The summed E-state index contributed by atoms with van der Waals surface area (Å²) in [5, 5.41) is 10.1. The Hall–Kier alpha value is -2.86. The molecular weight excluding hydrogens is 433 g/mol. The normalized spacial score (nSPS) is 23.2. The molecule has 3 heterocycles. The van der Waals surface area contributed by atoms with Gasteiger partial charge in [0.25, 0.3) is 5.91 Å². The fourth-order valence-electron chi connectivity index (χ4n) is 4.00. The summed E-state index contributed by atoms with van der Waals surface area (Å²) < 4.78 is 45.0. The van der Waals surface area contributed by atoms with Crippen molar-refractivity contribution < 1.29 is 37.0 Å². The maximum atomic E-state index is 12.1. The predicted octanol–water partition coefficient (Wildman–Crippen LogP) is 2.06. The molecule has 2 aromatic heterocycles. The monoisotopic (exact) mass is 458 g/mol. The lowest BCUT2D eigenvalue weighted by Crippen LogP contribution is -2.51. The third-order valence-electron chi connectivity index (χ3n) is 5.61. The molecule has 32 heavy (non-hydrogen) atoms. The molecule has 0 radical (unpaired) electrons. The number of alkyl halides is 3. The lowest BCUT2D eigenvalue weighted by atomic mass is 10.0. The maximum absolute atomic E-state index is 12.1. The van der Waals surface area contributed by atoms with Gasteiger partial charge in [0.05, 0.1) is 25.5 Å². The molecule has 2 aliphatic rings. The van der Waals surface area contributed by atoms with Gasteiger partial charge in [-0.15, -0.1) is 0 Å². The second-order valence-electron chi connectivity index (χ2n) is 7.66. The molecule has 9 nitrogen and oxygen atoms in total. The first-order chi connectivity index (χ1) is 15.2. The molecule has 2 aromatic rings. The number of carbonyl (C=O) groups excluding carboxylic acids is 1. The van der Waals surface area contributed by atoms with Gasteiger partial charge < -0.3 is 24.1 Å². The molecule has 4 rings (SSSR count). The SMILES string of the molecule is Cn1ccnc1CN1CCO[C@H]2C(CNC(=O)c3ccco3)CC[C@@H]21.O=C(O)C(F)(F)F. The Morgan fingerprint density at radius 1 is 1.34 bits per heavy atom. The van der Waals surface area contributed by atoms with Crippen LogP contribution in [0.2, 0.25) is 0 Å². The highest BCUT2D eigenvalue weighted by molar-refractivity contribution is 5.91. The standard InChI is InChI=1S/C18H24N4O3.C2HF3O2/c1-21-7-6-19-16(21)12-22-8-10-25-17-13(4-5-14(17)22)11-20-18(23)15-3-2-9-24-15;3-2(4,5)1(6)7/h2-3,6-7,9,13-14,17H,4-5,8,10-12H2,1H3,(H,20,23);(H,6,7)/t13?,14-,17-;/m0./s1. The number of amides is 1. The zero-order chi connectivity index (χ0) is 23.3. The number of carboxylic acid groups (broad SMARTS) is 1. The van der Waals surface area contributed by atoms with Crippen molar-refractivity contribution in [3.05, 3.63) is 42.4 Å². The zero-order valence-electron chi connectivity index (χ0n) is 17.4. The minimum atomic E-state index is -5.08. The average Bonchev–Trinajstić information content (AvgIpc) is 3.48. The van der Waals surface area contributed by atoms with Crippen LogP contribution in [0.15, 0.2) is 35.2 Å². The van der Waals surface area contributed by atoms with E-state index < -0.39 is 12.1 Å². The van der Waals surface area contributed by atoms with Crippen molar-refractivity contribution in [3.8, 4) is 0 Å². The number of aliphatic carboxylic acids is 1. The molecule has 176 valence electrons. The van der Waals surface area contributed by atoms with Crippen molar-refractivity contribution in [2.75, 3.05) is 19.7 Å². The van der Waals surface area contributed by atoms with Gasteiger partial charge in [-0.05, 0) is 25.0 Å². The summed E-state index contributed by atoms with van der Waals surface area (Å²) in [5.41, 5.74) is 0. The minimum Gasteiger partial charge on any atom is -0.475 e. The van der Waals surface area contributed by atoms with Gasteiger partial charge in [0.15, 0.2) is 5.76 Å². The lowest BCUT2D eigenvalue weighted by Gasteiger charge is -2.39. The van der Waals surface area contributed by atoms with E-state index in [1.54, 1.807) is 12.1 Å². The van der Waals surface area contributed by atoms with Crippen LogP contribution in [0.4, 0.5) is 13.2 Å². The molecule has 0 aromatic carbocycles. The van der Waals surface area contributed by atoms with Crippen LogP contribution in [0.5, 0.6) is 0 Å². The molecule has 1 saturated carbocycles. The van der Waals surface area contributed by atoms with E-state index in [1.807, 2.05) is 19.4 Å². The largest absolute Gasteiger partial charge is 0.490 e. The molecular formula is C20H25F3N4O5. The molecule has 1 aliphatic carbocycles. The first kappa shape index (κ1) is 23.8. The second-order valence-corrected chi connectivity index (χ2v) is 7.66. The number of halogens is 3. The number of nitrogens with zero attached hydrogens (tertiary/aromatic N) is 3. The Labute approximate surface area is 182 Å². The van der Waals surface area contributed by atoms with Gasteiger partial charge in [-0.25, -0.2) is 9.78 Å². The van der Waals surface area contributed by atoms with Gasteiger partial charge >= 0.3 is 12.1 Å². The van der Waals surface area contributed by atoms with Crippen LogP contribution in [0.25, 0.3) is 0 Å². The molecule has 3 atom stereocenters. The fourth-order valence-corrected chi connectivity index (χ4v) is 4.00. The first-order valence-corrected chi connectivity index (χ1v) is 10.1. The van der Waals surface area contributed by atoms with Crippen LogP contribution >= 0.6 is 0 Å². The van der Waals surface area contributed by atoms with Gasteiger partial charge in [-0.1, -0.05) is 0 Å². The van der Waals surface area contributed by atoms with Crippen molar-refractivity contribution >= 4 is 11.9 Å². The van der Waals surface area contributed by atoms with E-state index in [4.69, 9.17) is 19.1 Å². The lowest BCUT2D eigenvalue weighted by molar-refractivity contribution is -0.192. The number of carbonyl (C=O) groups is 2. The summed E-state index contributed by atoms with van der Waals surface area (Å²) in [5.74, 6) is -1.14. The first-order valence-electron chi connectivity index (χ1n) is 10.1. The number of hydrogen-bond donors (Lipinski definition) is 2. The number of rotatable bonds is 5. The van der Waals surface area contributed by atoms with Gasteiger partial charge in [-0.2, -0.15) is 13.2 Å². The van der Waals surface area contributed by atoms with Crippen LogP contribution in [-0.2, 0) is 23.1 Å². The highest BCUT2D eigenvalue weighted by Gasteiger charge is 2.43. The summed E-state index contributed by atoms with van der Waals surface area (Å²) in [6.45, 7) is 3.13. The quantitative estimate of drug-likeness (QED) is 0.706. The number of morpholine rings is 1. The Morgan fingerprint density at radius 2 is 2.09 bits per heavy atom. The van der Waals surface area contributed by atoms with Crippen LogP contribution in [0.1, 0.15) is 29.2 Å². The summed E-state index contributed by atoms with van der Waals surface area (Å²) in [6, 6.07) is 3.80. The van der Waals surface area contributed by atoms with Gasteiger partial charge in [0.1, 0.15) is 5.82 Å². The molecule has 1 aliphatic heterocycles. The van der Waals surface area contributed by atoms with Crippen LogP contribution in [0, 0.1) is 5.92 Å². The van der Waals surface area contributed by atoms with Gasteiger partial charge in [-0.3, -0.25) is 9.69 Å². The van der Waals surface area contributed by atoms with Crippen molar-refractivity contribution in [2.45, 2.75) is 37.7 Å². The molecule has 1 amide bonds. The van der Waals surface area contributed by atoms with E-state index in [1.165, 1.54) is 6.26 Å². The fraction of sp³-hybridized carbons (Fsp3) is 0.550. The van der Waals surface area contributed by atoms with Crippen molar-refractivity contribution in [2.24, 2.45) is 13.0 Å². The average molecular weight is 458 g/mol. The summed E-state index contributed by atoms with van der Waals surface area (Å²) in [4.78, 5) is 27.9. The van der Waals surface area contributed by atoms with Crippen LogP contribution in [-0.4, -0.2) is 69.5 Å². The Bertz CT molecular complexity index is 899. The maximum Gasteiger partial charge on any atom is 0.490 e. The number of hydrogen-bond acceptors (Lipinski definition) is 6. The number of ether oxygens (including phenoxy) is 1. The Morgan fingerprint density at radius 3 is 2.69 bits per heavy atom. The molecule has 12 heteroatoms. The van der Waals surface area contributed by atoms with Crippen molar-refractivity contribution in [1.29, 1.82) is 0 Å².